The maximum Gasteiger partial charge on any atom is 0.0666 e. The third kappa shape index (κ3) is 2.49. The summed E-state index contributed by atoms with van der Waals surface area (Å²) in [6.45, 7) is 2.63. The van der Waals surface area contributed by atoms with Crippen molar-refractivity contribution >= 4 is 0 Å². The summed E-state index contributed by atoms with van der Waals surface area (Å²) in [4.78, 5) is 0. The maximum atomic E-state index is 8.94. The van der Waals surface area contributed by atoms with Gasteiger partial charge in [0, 0.05) is 12.6 Å². The Morgan fingerprint density at radius 3 is 2.82 bits per heavy atom. The van der Waals surface area contributed by atoms with Crippen LogP contribution in [0.15, 0.2) is 0 Å². The topological polar surface area (TPSA) is 56.0 Å². The summed E-state index contributed by atoms with van der Waals surface area (Å²) in [7, 11) is 0. The van der Waals surface area contributed by atoms with E-state index in [9.17, 15) is 0 Å². The summed E-state index contributed by atoms with van der Waals surface area (Å²) in [6.07, 6.45) is 1.58. The Balaban J connectivity index is 2.01. The van der Waals surface area contributed by atoms with Crippen molar-refractivity contribution < 1.29 is 5.11 Å². The van der Waals surface area contributed by atoms with Crippen LogP contribution >= 0.6 is 0 Å². The van der Waals surface area contributed by atoms with Crippen LogP contribution in [0.3, 0.4) is 0 Å². The van der Waals surface area contributed by atoms with Crippen LogP contribution in [0.4, 0.5) is 0 Å². The molecule has 0 aliphatic heterocycles. The molecule has 0 saturated heterocycles. The molecule has 1 aliphatic carbocycles. The van der Waals surface area contributed by atoms with E-state index in [2.05, 4.69) is 11.4 Å². The van der Waals surface area contributed by atoms with Crippen LogP contribution in [0.1, 0.15) is 19.8 Å². The lowest BCUT2D eigenvalue weighted by Gasteiger charge is -2.32. The quantitative estimate of drug-likeness (QED) is 0.613. The third-order valence-electron chi connectivity index (χ3n) is 2.05. The number of rotatable bonds is 3. The Bertz CT molecular complexity index is 158. The van der Waals surface area contributed by atoms with Gasteiger partial charge >= 0.3 is 0 Å². The zero-order valence-corrected chi connectivity index (χ0v) is 6.75. The van der Waals surface area contributed by atoms with Gasteiger partial charge in [-0.15, -0.1) is 0 Å². The van der Waals surface area contributed by atoms with Gasteiger partial charge in [0.1, 0.15) is 0 Å². The molecule has 1 fully saturated rings. The van der Waals surface area contributed by atoms with E-state index >= 15 is 0 Å². The second-order valence-corrected chi connectivity index (χ2v) is 3.26. The summed E-state index contributed by atoms with van der Waals surface area (Å²) >= 11 is 0. The number of nitriles is 1. The Labute approximate surface area is 67.0 Å². The van der Waals surface area contributed by atoms with E-state index in [1.165, 1.54) is 0 Å². The molecule has 1 aliphatic rings. The minimum atomic E-state index is -0.107. The summed E-state index contributed by atoms with van der Waals surface area (Å²) < 4.78 is 0. The first-order valence-corrected chi connectivity index (χ1v) is 4.03. The molecule has 0 spiro atoms. The van der Waals surface area contributed by atoms with Gasteiger partial charge in [-0.3, -0.25) is 0 Å². The van der Waals surface area contributed by atoms with Crippen molar-refractivity contribution in [2.75, 3.05) is 6.54 Å². The molecule has 0 aromatic rings. The summed E-state index contributed by atoms with van der Waals surface area (Å²) in [6, 6.07) is 2.60. The Kier molecular flexibility index (Phi) is 2.86. The third-order valence-corrected chi connectivity index (χ3v) is 2.05. The van der Waals surface area contributed by atoms with Crippen molar-refractivity contribution in [1.82, 2.24) is 5.32 Å². The molecule has 1 rings (SSSR count). The van der Waals surface area contributed by atoms with Crippen molar-refractivity contribution in [3.63, 3.8) is 0 Å². The summed E-state index contributed by atoms with van der Waals surface area (Å²) in [5.74, 6) is 0.0766. The zero-order chi connectivity index (χ0) is 8.27. The number of nitrogens with zero attached hydrogens (tertiary/aromatic N) is 1. The van der Waals surface area contributed by atoms with Crippen molar-refractivity contribution in [1.29, 1.82) is 5.26 Å². The monoisotopic (exact) mass is 154 g/mol. The van der Waals surface area contributed by atoms with Gasteiger partial charge < -0.3 is 10.4 Å². The molecule has 1 saturated carbocycles. The molecular weight excluding hydrogens is 140 g/mol. The average Bonchev–Trinajstić information content (AvgIpc) is 1.95. The molecule has 0 amide bonds. The first kappa shape index (κ1) is 8.51. The van der Waals surface area contributed by atoms with Crippen molar-refractivity contribution in [2.45, 2.75) is 31.9 Å². The first-order chi connectivity index (χ1) is 5.22. The van der Waals surface area contributed by atoms with E-state index in [4.69, 9.17) is 10.4 Å². The lowest BCUT2D eigenvalue weighted by Crippen LogP contribution is -2.45. The Morgan fingerprint density at radius 2 is 2.36 bits per heavy atom. The van der Waals surface area contributed by atoms with Crippen LogP contribution in [-0.2, 0) is 0 Å². The van der Waals surface area contributed by atoms with Crippen LogP contribution in [0.5, 0.6) is 0 Å². The minimum absolute atomic E-state index is 0.0766. The molecule has 11 heavy (non-hydrogen) atoms. The molecule has 0 radical (unpaired) electrons. The van der Waals surface area contributed by atoms with Gasteiger partial charge in [0.2, 0.25) is 0 Å². The van der Waals surface area contributed by atoms with Crippen LogP contribution in [-0.4, -0.2) is 23.8 Å². The zero-order valence-electron chi connectivity index (χ0n) is 6.75. The molecule has 2 N–H and O–H groups in total. The minimum Gasteiger partial charge on any atom is -0.393 e. The van der Waals surface area contributed by atoms with Gasteiger partial charge in [0.25, 0.3) is 0 Å². The highest BCUT2D eigenvalue weighted by atomic mass is 16.3. The van der Waals surface area contributed by atoms with Gasteiger partial charge in [0.15, 0.2) is 0 Å². The van der Waals surface area contributed by atoms with E-state index in [1.54, 1.807) is 0 Å². The largest absolute Gasteiger partial charge is 0.393 e. The highest BCUT2D eigenvalue weighted by Gasteiger charge is 2.26. The Morgan fingerprint density at radius 1 is 1.73 bits per heavy atom. The van der Waals surface area contributed by atoms with E-state index in [1.807, 2.05) is 6.92 Å². The molecule has 1 atom stereocenters. The second kappa shape index (κ2) is 3.70. The highest BCUT2D eigenvalue weighted by Crippen LogP contribution is 2.19. The lowest BCUT2D eigenvalue weighted by molar-refractivity contribution is 0.0620. The molecule has 0 aromatic carbocycles. The molecule has 0 heterocycles. The lowest BCUT2D eigenvalue weighted by atomic mass is 9.89. The number of aliphatic hydroxyl groups excluding tert-OH is 1. The molecule has 0 bridgehead atoms. The predicted octanol–water partition coefficient (Wildman–Crippen LogP) is 0.259. The van der Waals surface area contributed by atoms with E-state index in [0.29, 0.717) is 6.04 Å². The number of nitrogens with one attached hydrogen (secondary N) is 1. The van der Waals surface area contributed by atoms with Crippen LogP contribution in [0, 0.1) is 17.2 Å². The van der Waals surface area contributed by atoms with Crippen LogP contribution in [0.25, 0.3) is 0 Å². The first-order valence-electron chi connectivity index (χ1n) is 4.03. The van der Waals surface area contributed by atoms with Crippen molar-refractivity contribution in [3.05, 3.63) is 0 Å². The van der Waals surface area contributed by atoms with Gasteiger partial charge in [-0.05, 0) is 19.8 Å². The predicted molar refractivity (Wildman–Crippen MR) is 41.8 cm³/mol. The number of hydrogen-bond acceptors (Lipinski definition) is 3. The van der Waals surface area contributed by atoms with Crippen molar-refractivity contribution in [2.24, 2.45) is 5.92 Å². The summed E-state index contributed by atoms with van der Waals surface area (Å²) in [5.41, 5.74) is 0. The van der Waals surface area contributed by atoms with Gasteiger partial charge in [-0.1, -0.05) is 0 Å². The maximum absolute atomic E-state index is 8.94. The molecule has 3 nitrogen and oxygen atoms in total. The van der Waals surface area contributed by atoms with Crippen LogP contribution in [0.2, 0.25) is 0 Å². The molecule has 62 valence electrons. The standard InChI is InChI=1S/C8H14N2O/c1-6(4-9)5-10-7-2-8(11)3-7/h6-8,10-11H,2-3,5H2,1H3. The van der Waals surface area contributed by atoms with E-state index in [0.717, 1.165) is 19.4 Å². The molecule has 3 heteroatoms. The SMILES string of the molecule is CC(C#N)CNC1CC(O)C1. The van der Waals surface area contributed by atoms with Crippen LogP contribution < -0.4 is 5.32 Å². The summed E-state index contributed by atoms with van der Waals surface area (Å²) in [5, 5.41) is 20.6. The van der Waals surface area contributed by atoms with Gasteiger partial charge in [0.05, 0.1) is 18.1 Å². The van der Waals surface area contributed by atoms with E-state index < -0.39 is 0 Å². The average molecular weight is 154 g/mol. The molecule has 0 aromatic heterocycles. The van der Waals surface area contributed by atoms with Gasteiger partial charge in [-0.25, -0.2) is 0 Å². The van der Waals surface area contributed by atoms with Crippen molar-refractivity contribution in [3.8, 4) is 6.07 Å². The van der Waals surface area contributed by atoms with Gasteiger partial charge in [-0.2, -0.15) is 5.26 Å². The number of aliphatic hydroxyl groups is 1. The number of hydrogen-bond donors (Lipinski definition) is 2. The second-order valence-electron chi connectivity index (χ2n) is 3.26. The van der Waals surface area contributed by atoms with E-state index in [-0.39, 0.29) is 12.0 Å². The normalized spacial score (nSPS) is 32.1. The fourth-order valence-electron chi connectivity index (χ4n) is 1.14. The fourth-order valence-corrected chi connectivity index (χ4v) is 1.14. The Hall–Kier alpha value is -0.590. The molecular formula is C8H14N2O. The molecule has 1 unspecified atom stereocenters. The smallest absolute Gasteiger partial charge is 0.0666 e. The highest BCUT2D eigenvalue weighted by molar-refractivity contribution is 4.87. The fraction of sp³-hybridized carbons (Fsp3) is 0.875.